The number of halogens is 1. The number of carbonyl (C=O) groups is 2. The number of alkyl carbamates (subject to hydrolysis) is 1. The van der Waals surface area contributed by atoms with Gasteiger partial charge < -0.3 is 32.0 Å². The molecule has 3 aromatic rings. The topological polar surface area (TPSA) is 205 Å². The van der Waals surface area contributed by atoms with Crippen molar-refractivity contribution in [2.24, 2.45) is 15.7 Å². The molecule has 45 heavy (non-hydrogen) atoms. The van der Waals surface area contributed by atoms with E-state index < -0.39 is 17.5 Å². The molecule has 0 aliphatic carbocycles. The van der Waals surface area contributed by atoms with Gasteiger partial charge in [0.25, 0.3) is 0 Å². The van der Waals surface area contributed by atoms with E-state index >= 15 is 0 Å². The van der Waals surface area contributed by atoms with Crippen molar-refractivity contribution in [1.82, 2.24) is 20.6 Å². The number of nitrogen functional groups attached to an aromatic ring is 2. The zero-order valence-electron chi connectivity index (χ0n) is 26.2. The summed E-state index contributed by atoms with van der Waals surface area (Å²) < 4.78 is 11.1. The lowest BCUT2D eigenvalue weighted by molar-refractivity contribution is 0.0562. The van der Waals surface area contributed by atoms with Crippen LogP contribution in [0.15, 0.2) is 46.4 Å². The molecule has 0 aliphatic rings. The van der Waals surface area contributed by atoms with Gasteiger partial charge in [-0.25, -0.2) is 19.8 Å². The van der Waals surface area contributed by atoms with Crippen molar-refractivity contribution in [3.05, 3.63) is 52.8 Å². The fourth-order valence-corrected chi connectivity index (χ4v) is 4.24. The Labute approximate surface area is 268 Å². The van der Waals surface area contributed by atoms with Gasteiger partial charge in [-0.1, -0.05) is 35.9 Å². The highest BCUT2D eigenvalue weighted by Crippen LogP contribution is 2.23. The molecule has 0 saturated heterocycles. The number of hydrogen-bond acceptors (Lipinski definition) is 10. The zero-order chi connectivity index (χ0) is 33.0. The first-order chi connectivity index (χ1) is 21.3. The molecule has 8 N–H and O–H groups in total. The number of nitrogens with one attached hydrogen (secondary N) is 2. The van der Waals surface area contributed by atoms with Crippen LogP contribution in [0.1, 0.15) is 63.0 Å². The number of hydrogen-bond donors (Lipinski definition) is 5. The van der Waals surface area contributed by atoms with Gasteiger partial charge in [0.15, 0.2) is 28.4 Å². The Balaban J connectivity index is 1.35. The van der Waals surface area contributed by atoms with E-state index in [1.54, 1.807) is 6.92 Å². The molecule has 0 fully saturated rings. The van der Waals surface area contributed by atoms with E-state index in [-0.39, 0.29) is 35.0 Å². The van der Waals surface area contributed by atoms with E-state index in [2.05, 4.69) is 54.9 Å². The van der Waals surface area contributed by atoms with Gasteiger partial charge in [-0.3, -0.25) is 15.1 Å². The number of ketones is 1. The summed E-state index contributed by atoms with van der Waals surface area (Å²) in [6.07, 6.45) is 2.90. The van der Waals surface area contributed by atoms with Crippen molar-refractivity contribution < 1.29 is 19.1 Å². The summed E-state index contributed by atoms with van der Waals surface area (Å²) in [6.45, 7) is 8.56. The largest absolute Gasteiger partial charge is 0.494 e. The molecule has 0 bridgehead atoms. The van der Waals surface area contributed by atoms with Gasteiger partial charge >= 0.3 is 6.09 Å². The Bertz CT molecular complexity index is 1550. The molecule has 242 valence electrons. The van der Waals surface area contributed by atoms with Crippen LogP contribution in [0.2, 0.25) is 5.15 Å². The van der Waals surface area contributed by atoms with Crippen LogP contribution in [0.4, 0.5) is 16.4 Å². The number of fused-ring (bicyclic) bond motifs is 1. The van der Waals surface area contributed by atoms with Crippen LogP contribution in [0.3, 0.4) is 0 Å². The van der Waals surface area contributed by atoms with Gasteiger partial charge in [0.2, 0.25) is 5.78 Å². The van der Waals surface area contributed by atoms with Gasteiger partial charge in [-0.15, -0.1) is 0 Å². The molecule has 1 aromatic heterocycles. The number of rotatable bonds is 13. The summed E-state index contributed by atoms with van der Waals surface area (Å²) >= 11 is 5.83. The fraction of sp³-hybridized carbons (Fsp3) is 0.419. The fourth-order valence-electron chi connectivity index (χ4n) is 4.12. The second kappa shape index (κ2) is 16.4. The van der Waals surface area contributed by atoms with E-state index in [1.807, 2.05) is 32.9 Å². The lowest BCUT2D eigenvalue weighted by Crippen LogP contribution is -2.35. The molecule has 3 rings (SSSR count). The van der Waals surface area contributed by atoms with E-state index in [0.29, 0.717) is 32.0 Å². The monoisotopic (exact) mass is 639 g/mol. The molecule has 0 saturated carbocycles. The lowest BCUT2D eigenvalue weighted by Gasteiger charge is -2.19. The summed E-state index contributed by atoms with van der Waals surface area (Å²) in [7, 11) is 0. The number of ether oxygens (including phenoxy) is 2. The molecule has 0 spiro atoms. The van der Waals surface area contributed by atoms with Crippen LogP contribution in [-0.4, -0.2) is 65.5 Å². The van der Waals surface area contributed by atoms with Crippen molar-refractivity contribution in [3.63, 3.8) is 0 Å². The third kappa shape index (κ3) is 12.1. The number of unbranched alkanes of at least 4 members (excludes halogenated alkanes) is 1. The Morgan fingerprint density at radius 2 is 1.71 bits per heavy atom. The SMILES string of the molecule is CC(=NCCCOc1ccc2cc(CCCCNC(N)=NCC(=O)c3nc(Cl)c(N)nc3N)ccc2c1)NC(=O)OC(C)(C)C. The maximum atomic E-state index is 12.3. The number of nitrogens with zero attached hydrogens (tertiary/aromatic N) is 4. The normalized spacial score (nSPS) is 12.2. The summed E-state index contributed by atoms with van der Waals surface area (Å²) in [5.41, 5.74) is 17.7. The van der Waals surface area contributed by atoms with Crippen molar-refractivity contribution in [2.75, 3.05) is 37.7 Å². The molecule has 0 unspecified atom stereocenters. The van der Waals surface area contributed by atoms with Crippen LogP contribution in [-0.2, 0) is 11.2 Å². The zero-order valence-corrected chi connectivity index (χ0v) is 26.9. The lowest BCUT2D eigenvalue weighted by atomic mass is 10.0. The number of aromatic nitrogens is 2. The highest BCUT2D eigenvalue weighted by molar-refractivity contribution is 6.31. The molecule has 13 nitrogen and oxygen atoms in total. The smallest absolute Gasteiger partial charge is 0.413 e. The summed E-state index contributed by atoms with van der Waals surface area (Å²) in [4.78, 5) is 40.2. The van der Waals surface area contributed by atoms with Crippen molar-refractivity contribution >= 4 is 57.7 Å². The molecule has 0 aliphatic heterocycles. The number of carbonyl (C=O) groups excluding carboxylic acids is 2. The van der Waals surface area contributed by atoms with Crippen LogP contribution >= 0.6 is 11.6 Å². The highest BCUT2D eigenvalue weighted by atomic mass is 35.5. The van der Waals surface area contributed by atoms with Crippen molar-refractivity contribution in [1.29, 1.82) is 0 Å². The molecule has 1 amide bonds. The molecule has 2 aromatic carbocycles. The molecule has 0 radical (unpaired) electrons. The first-order valence-electron chi connectivity index (χ1n) is 14.6. The second-order valence-corrected chi connectivity index (χ2v) is 11.6. The average molecular weight is 640 g/mol. The number of aryl methyl sites for hydroxylation is 1. The van der Waals surface area contributed by atoms with Crippen molar-refractivity contribution in [2.45, 2.75) is 59.0 Å². The number of nitrogens with two attached hydrogens (primary N) is 3. The molecule has 0 atom stereocenters. The van der Waals surface area contributed by atoms with Crippen LogP contribution < -0.4 is 32.6 Å². The minimum Gasteiger partial charge on any atom is -0.494 e. The van der Waals surface area contributed by atoms with Gasteiger partial charge in [0, 0.05) is 19.5 Å². The third-order valence-corrected chi connectivity index (χ3v) is 6.52. The summed E-state index contributed by atoms with van der Waals surface area (Å²) in [5, 5.41) is 7.78. The molecular weight excluding hydrogens is 598 g/mol. The number of benzene rings is 2. The molecule has 14 heteroatoms. The number of aliphatic imine (C=N–C) groups is 2. The van der Waals surface area contributed by atoms with E-state index in [4.69, 9.17) is 38.3 Å². The summed E-state index contributed by atoms with van der Waals surface area (Å²) in [5.74, 6) is 0.838. The first kappa shape index (κ1) is 34.8. The first-order valence-corrected chi connectivity index (χ1v) is 15.0. The standard InChI is InChI=1S/C31H42ClN9O4/c1-19(39-30(43)45-31(2,3)4)36-14-7-15-44-23-12-11-21-16-20(9-10-22(21)17-23)8-5-6-13-37-29(35)38-18-24(42)25-27(33)41-28(34)26(32)40-25/h9-12,16-17H,5-8,13-15,18H2,1-4H3,(H4,33,34,41)(H3,35,37,38)(H,36,39,43). The predicted molar refractivity (Wildman–Crippen MR) is 179 cm³/mol. The average Bonchev–Trinajstić information content (AvgIpc) is 2.96. The number of amidine groups is 1. The van der Waals surface area contributed by atoms with Gasteiger partial charge in [0.1, 0.15) is 23.7 Å². The minimum atomic E-state index is -0.556. The third-order valence-electron chi connectivity index (χ3n) is 6.24. The van der Waals surface area contributed by atoms with E-state index in [0.717, 1.165) is 35.8 Å². The molecular formula is C31H42ClN9O4. The van der Waals surface area contributed by atoms with Crippen LogP contribution in [0, 0.1) is 0 Å². The van der Waals surface area contributed by atoms with Crippen LogP contribution in [0.5, 0.6) is 5.75 Å². The maximum absolute atomic E-state index is 12.3. The number of anilines is 2. The van der Waals surface area contributed by atoms with Crippen LogP contribution in [0.25, 0.3) is 10.8 Å². The Morgan fingerprint density at radius 3 is 2.47 bits per heavy atom. The quantitative estimate of drug-likeness (QED) is 0.0777. The van der Waals surface area contributed by atoms with E-state index in [1.165, 1.54) is 5.56 Å². The minimum absolute atomic E-state index is 0.0450. The second-order valence-electron chi connectivity index (χ2n) is 11.3. The Hall–Kier alpha value is -4.65. The van der Waals surface area contributed by atoms with E-state index in [9.17, 15) is 9.59 Å². The Kier molecular flexibility index (Phi) is 12.7. The molecule has 1 heterocycles. The highest BCUT2D eigenvalue weighted by Gasteiger charge is 2.17. The van der Waals surface area contributed by atoms with Gasteiger partial charge in [-0.05, 0) is 75.4 Å². The van der Waals surface area contributed by atoms with Crippen molar-refractivity contribution in [3.8, 4) is 5.75 Å². The number of amides is 1. The summed E-state index contributed by atoms with van der Waals surface area (Å²) in [6, 6.07) is 12.4. The van der Waals surface area contributed by atoms with Gasteiger partial charge in [0.05, 0.1) is 6.61 Å². The number of guanidine groups is 1. The van der Waals surface area contributed by atoms with Gasteiger partial charge in [-0.2, -0.15) is 0 Å². The maximum Gasteiger partial charge on any atom is 0.413 e. The predicted octanol–water partition coefficient (Wildman–Crippen LogP) is 4.27. The number of Topliss-reactive ketones (excluding diaryl/α,β-unsaturated/α-hetero) is 1. The Morgan fingerprint density at radius 1 is 0.978 bits per heavy atom.